The monoisotopic (exact) mass is 380 g/mol. The molecule has 0 spiro atoms. The first kappa shape index (κ1) is 15.6. The lowest BCUT2D eigenvalue weighted by Crippen LogP contribution is -2.06. The summed E-state index contributed by atoms with van der Waals surface area (Å²) in [6.45, 7) is 0. The number of nitrogen functional groups attached to an aromatic ring is 1. The Morgan fingerprint density at radius 2 is 2.14 bits per heavy atom. The molecule has 0 radical (unpaired) electrons. The highest BCUT2D eigenvalue weighted by atomic mass is 79.9. The molecular formula is C11H8BrF3N4OS. The van der Waals surface area contributed by atoms with E-state index in [1.807, 2.05) is 0 Å². The van der Waals surface area contributed by atoms with Crippen LogP contribution < -0.4 is 11.2 Å². The Morgan fingerprint density at radius 1 is 1.43 bits per heavy atom. The van der Waals surface area contributed by atoms with Gasteiger partial charge in [-0.25, -0.2) is 4.98 Å². The van der Waals surface area contributed by atoms with Crippen LogP contribution in [-0.4, -0.2) is 16.3 Å². The van der Waals surface area contributed by atoms with Gasteiger partial charge in [-0.3, -0.25) is 5.43 Å². The first-order valence-electron chi connectivity index (χ1n) is 5.37. The van der Waals surface area contributed by atoms with Crippen molar-refractivity contribution in [1.29, 1.82) is 0 Å². The Balaban J connectivity index is 2.24. The van der Waals surface area contributed by atoms with Crippen molar-refractivity contribution >= 4 is 44.4 Å². The van der Waals surface area contributed by atoms with E-state index in [1.165, 1.54) is 11.3 Å². The summed E-state index contributed by atoms with van der Waals surface area (Å²) in [4.78, 5) is 3.86. The fourth-order valence-electron chi connectivity index (χ4n) is 1.38. The number of hydrogen-bond acceptors (Lipinski definition) is 6. The number of alkyl halides is 3. The maximum atomic E-state index is 12.7. The third-order valence-corrected chi connectivity index (χ3v) is 3.68. The van der Waals surface area contributed by atoms with Crippen LogP contribution in [0.5, 0.6) is 5.75 Å². The van der Waals surface area contributed by atoms with Gasteiger partial charge >= 0.3 is 6.18 Å². The van der Waals surface area contributed by atoms with E-state index in [9.17, 15) is 18.3 Å². The van der Waals surface area contributed by atoms with Crippen molar-refractivity contribution in [3.63, 3.8) is 0 Å². The minimum atomic E-state index is -4.52. The normalized spacial score (nSPS) is 12.0. The second kappa shape index (κ2) is 5.90. The van der Waals surface area contributed by atoms with E-state index in [2.05, 4.69) is 31.4 Å². The molecule has 0 unspecified atom stereocenters. The number of halogens is 4. The Labute approximate surface area is 129 Å². The fourth-order valence-corrected chi connectivity index (χ4v) is 2.40. The zero-order valence-electron chi connectivity index (χ0n) is 10.1. The van der Waals surface area contributed by atoms with E-state index < -0.39 is 11.7 Å². The minimum absolute atomic E-state index is 0.0720. The molecular weight excluding hydrogens is 373 g/mol. The van der Waals surface area contributed by atoms with Crippen LogP contribution in [0, 0.1) is 0 Å². The number of nitrogens with zero attached hydrogens (tertiary/aromatic N) is 2. The van der Waals surface area contributed by atoms with Crippen molar-refractivity contribution in [2.24, 2.45) is 5.10 Å². The van der Waals surface area contributed by atoms with E-state index in [-0.39, 0.29) is 15.8 Å². The van der Waals surface area contributed by atoms with Gasteiger partial charge in [-0.1, -0.05) is 0 Å². The Morgan fingerprint density at radius 3 is 2.71 bits per heavy atom. The van der Waals surface area contributed by atoms with Crippen LogP contribution in [0.4, 0.5) is 24.1 Å². The maximum absolute atomic E-state index is 12.7. The van der Waals surface area contributed by atoms with E-state index in [4.69, 9.17) is 5.73 Å². The Kier molecular flexibility index (Phi) is 4.37. The lowest BCUT2D eigenvalue weighted by atomic mass is 10.1. The zero-order chi connectivity index (χ0) is 15.6. The van der Waals surface area contributed by atoms with Crippen molar-refractivity contribution in [2.75, 3.05) is 11.2 Å². The molecule has 0 aliphatic carbocycles. The molecule has 1 aromatic heterocycles. The topological polar surface area (TPSA) is 83.5 Å². The summed E-state index contributed by atoms with van der Waals surface area (Å²) in [7, 11) is 0. The number of aromatic nitrogens is 1. The van der Waals surface area contributed by atoms with Crippen LogP contribution in [0.1, 0.15) is 11.1 Å². The van der Waals surface area contributed by atoms with Crippen molar-refractivity contribution in [3.8, 4) is 5.75 Å². The molecule has 2 rings (SSSR count). The van der Waals surface area contributed by atoms with Crippen LogP contribution in [0.25, 0.3) is 0 Å². The van der Waals surface area contributed by atoms with Gasteiger partial charge in [0.05, 0.1) is 16.3 Å². The van der Waals surface area contributed by atoms with Gasteiger partial charge < -0.3 is 10.8 Å². The number of nitrogens with two attached hydrogens (primary N) is 1. The minimum Gasteiger partial charge on any atom is -0.506 e. The molecule has 0 fully saturated rings. The molecule has 1 heterocycles. The molecule has 0 bridgehead atoms. The number of aromatic hydroxyl groups is 1. The summed E-state index contributed by atoms with van der Waals surface area (Å²) in [6, 6.07) is 1.59. The van der Waals surface area contributed by atoms with Crippen LogP contribution >= 0.6 is 27.3 Å². The van der Waals surface area contributed by atoms with Gasteiger partial charge in [0.25, 0.3) is 0 Å². The molecule has 2 aromatic rings. The third-order valence-electron chi connectivity index (χ3n) is 2.31. The number of thiazole rings is 1. The summed E-state index contributed by atoms with van der Waals surface area (Å²) >= 11 is 4.06. The molecule has 5 nitrogen and oxygen atoms in total. The smallest absolute Gasteiger partial charge is 0.416 e. The number of rotatable bonds is 3. The van der Waals surface area contributed by atoms with Gasteiger partial charge in [0.15, 0.2) is 0 Å². The average molecular weight is 381 g/mol. The maximum Gasteiger partial charge on any atom is 0.416 e. The summed E-state index contributed by atoms with van der Waals surface area (Å²) in [5.74, 6) is -0.0328. The van der Waals surface area contributed by atoms with Crippen molar-refractivity contribution in [3.05, 3.63) is 33.1 Å². The molecule has 0 saturated carbocycles. The molecule has 21 heavy (non-hydrogen) atoms. The molecule has 0 aliphatic rings. The standard InChI is InChI=1S/C11H8BrF3N4OS/c12-7-2-6(11(13,14)15)1-5(9(7)20)3-17-19-10-18-8(16)4-21-10/h1-4,20H,16H2,(H,18,19). The van der Waals surface area contributed by atoms with E-state index >= 15 is 0 Å². The summed E-state index contributed by atoms with van der Waals surface area (Å²) in [5, 5.41) is 15.4. The van der Waals surface area contributed by atoms with Gasteiger partial charge in [-0.15, -0.1) is 11.3 Å². The summed E-state index contributed by atoms with van der Waals surface area (Å²) in [6.07, 6.45) is -3.46. The third kappa shape index (κ3) is 3.85. The first-order chi connectivity index (χ1) is 9.77. The molecule has 0 amide bonds. The summed E-state index contributed by atoms with van der Waals surface area (Å²) in [5.41, 5.74) is 6.93. The van der Waals surface area contributed by atoms with Gasteiger partial charge in [-0.05, 0) is 28.1 Å². The lowest BCUT2D eigenvalue weighted by Gasteiger charge is -2.10. The molecule has 0 atom stereocenters. The van der Waals surface area contributed by atoms with Gasteiger partial charge in [0, 0.05) is 10.9 Å². The second-order valence-corrected chi connectivity index (χ2v) is 5.55. The quantitative estimate of drug-likeness (QED) is 0.560. The number of hydrazone groups is 1. The zero-order valence-corrected chi connectivity index (χ0v) is 12.6. The van der Waals surface area contributed by atoms with E-state index in [0.29, 0.717) is 10.9 Å². The van der Waals surface area contributed by atoms with Crippen LogP contribution in [0.2, 0.25) is 0 Å². The number of phenolic OH excluding ortho intramolecular Hbond substituents is 1. The van der Waals surface area contributed by atoms with Crippen molar-refractivity contribution in [1.82, 2.24) is 4.98 Å². The number of anilines is 2. The fraction of sp³-hybridized carbons (Fsp3) is 0.0909. The Hall–Kier alpha value is -1.81. The molecule has 4 N–H and O–H groups in total. The van der Waals surface area contributed by atoms with Gasteiger partial charge in [0.1, 0.15) is 11.6 Å². The first-order valence-corrected chi connectivity index (χ1v) is 7.04. The van der Waals surface area contributed by atoms with Crippen LogP contribution in [0.3, 0.4) is 0 Å². The van der Waals surface area contributed by atoms with E-state index in [0.717, 1.165) is 18.3 Å². The number of nitrogens with one attached hydrogen (secondary N) is 1. The summed E-state index contributed by atoms with van der Waals surface area (Å²) < 4.78 is 38.0. The Bertz CT molecular complexity index is 687. The largest absolute Gasteiger partial charge is 0.506 e. The highest BCUT2D eigenvalue weighted by Gasteiger charge is 2.31. The molecule has 1 aromatic carbocycles. The molecule has 0 aliphatic heterocycles. The number of benzene rings is 1. The average Bonchev–Trinajstić information content (AvgIpc) is 2.79. The predicted molar refractivity (Wildman–Crippen MR) is 78.6 cm³/mol. The van der Waals surface area contributed by atoms with Crippen LogP contribution in [0.15, 0.2) is 27.1 Å². The molecule has 112 valence electrons. The predicted octanol–water partition coefficient (Wildman–Crippen LogP) is 3.66. The molecule has 0 saturated heterocycles. The highest BCUT2D eigenvalue weighted by molar-refractivity contribution is 9.10. The lowest BCUT2D eigenvalue weighted by molar-refractivity contribution is -0.137. The highest BCUT2D eigenvalue weighted by Crippen LogP contribution is 2.36. The van der Waals surface area contributed by atoms with Crippen LogP contribution in [-0.2, 0) is 6.18 Å². The number of phenols is 1. The number of hydrogen-bond donors (Lipinski definition) is 3. The van der Waals surface area contributed by atoms with Gasteiger partial charge in [-0.2, -0.15) is 18.3 Å². The van der Waals surface area contributed by atoms with E-state index in [1.54, 1.807) is 5.38 Å². The van der Waals surface area contributed by atoms with Crippen molar-refractivity contribution < 1.29 is 18.3 Å². The molecule has 10 heteroatoms. The van der Waals surface area contributed by atoms with Crippen molar-refractivity contribution in [2.45, 2.75) is 6.18 Å². The van der Waals surface area contributed by atoms with Gasteiger partial charge in [0.2, 0.25) is 5.13 Å². The second-order valence-electron chi connectivity index (χ2n) is 3.84. The SMILES string of the molecule is Nc1csc(NN=Cc2cc(C(F)(F)F)cc(Br)c2O)n1.